The lowest BCUT2D eigenvalue weighted by atomic mass is 10.1. The van der Waals surface area contributed by atoms with E-state index in [1.807, 2.05) is 46.8 Å². The lowest BCUT2D eigenvalue weighted by Crippen LogP contribution is -2.41. The zero-order chi connectivity index (χ0) is 20.5. The van der Waals surface area contributed by atoms with Crippen LogP contribution in [0, 0.1) is 0 Å². The Morgan fingerprint density at radius 3 is 2.73 bits per heavy atom. The second kappa shape index (κ2) is 7.84. The van der Waals surface area contributed by atoms with E-state index in [2.05, 4.69) is 38.6 Å². The van der Waals surface area contributed by atoms with Crippen molar-refractivity contribution in [2.24, 2.45) is 0 Å². The molecule has 150 valence electrons. The highest BCUT2D eigenvalue weighted by Crippen LogP contribution is 2.31. The van der Waals surface area contributed by atoms with E-state index in [-0.39, 0.29) is 11.9 Å². The minimum Gasteiger partial charge on any atom is -0.327 e. The van der Waals surface area contributed by atoms with Crippen molar-refractivity contribution in [3.05, 3.63) is 88.4 Å². The number of hydrogen-bond acceptors (Lipinski definition) is 5. The number of aromatic nitrogens is 4. The van der Waals surface area contributed by atoms with Crippen molar-refractivity contribution in [3.8, 4) is 11.4 Å². The summed E-state index contributed by atoms with van der Waals surface area (Å²) < 4.78 is 2.20. The van der Waals surface area contributed by atoms with Crippen LogP contribution in [0.2, 0.25) is 0 Å². The number of carbonyl (C=O) groups excluding carboxylic acids is 1. The van der Waals surface area contributed by atoms with Gasteiger partial charge in [-0.25, -0.2) is 9.97 Å². The van der Waals surface area contributed by atoms with Crippen LogP contribution < -0.4 is 0 Å². The molecule has 4 aromatic rings. The summed E-state index contributed by atoms with van der Waals surface area (Å²) in [5, 5.41) is 2.83. The first-order valence-corrected chi connectivity index (χ1v) is 10.8. The van der Waals surface area contributed by atoms with Gasteiger partial charge in [0.2, 0.25) is 0 Å². The molecule has 1 amide bonds. The fourth-order valence-electron chi connectivity index (χ4n) is 3.94. The molecule has 1 atom stereocenters. The minimum atomic E-state index is -0.0615. The number of nitrogens with zero attached hydrogens (tertiary/aromatic N) is 5. The molecule has 0 N–H and O–H groups in total. The largest absolute Gasteiger partial charge is 0.327 e. The van der Waals surface area contributed by atoms with Crippen LogP contribution in [0.25, 0.3) is 11.4 Å². The van der Waals surface area contributed by atoms with Crippen LogP contribution in [0.4, 0.5) is 0 Å². The molecule has 0 radical (unpaired) electrons. The van der Waals surface area contributed by atoms with Crippen LogP contribution in [0.15, 0.2) is 66.4 Å². The summed E-state index contributed by atoms with van der Waals surface area (Å²) in [6.45, 7) is 3.40. The monoisotopic (exact) mass is 415 g/mol. The predicted octanol–water partition coefficient (Wildman–Crippen LogP) is 4.21. The van der Waals surface area contributed by atoms with Gasteiger partial charge in [-0.15, -0.1) is 11.3 Å². The fraction of sp³-hybridized carbons (Fsp3) is 0.217. The zero-order valence-electron chi connectivity index (χ0n) is 16.6. The number of benzene rings is 1. The smallest absolute Gasteiger partial charge is 0.273 e. The number of pyridine rings is 1. The van der Waals surface area contributed by atoms with E-state index in [9.17, 15) is 4.79 Å². The first-order valence-electron chi connectivity index (χ1n) is 9.96. The first kappa shape index (κ1) is 18.7. The van der Waals surface area contributed by atoms with Gasteiger partial charge in [-0.05, 0) is 24.6 Å². The van der Waals surface area contributed by atoms with Crippen molar-refractivity contribution in [3.63, 3.8) is 0 Å². The Morgan fingerprint density at radius 1 is 1.13 bits per heavy atom. The predicted molar refractivity (Wildman–Crippen MR) is 116 cm³/mol. The summed E-state index contributed by atoms with van der Waals surface area (Å²) in [5.74, 6) is 0.904. The molecular weight excluding hydrogens is 394 g/mol. The van der Waals surface area contributed by atoms with E-state index < -0.39 is 0 Å². The summed E-state index contributed by atoms with van der Waals surface area (Å²) in [7, 11) is 0. The van der Waals surface area contributed by atoms with Crippen molar-refractivity contribution in [2.45, 2.75) is 25.9 Å². The van der Waals surface area contributed by atoms with Crippen molar-refractivity contribution in [1.29, 1.82) is 0 Å². The van der Waals surface area contributed by atoms with Crippen molar-refractivity contribution in [1.82, 2.24) is 24.4 Å². The maximum atomic E-state index is 13.2. The topological polar surface area (TPSA) is 63.9 Å². The lowest BCUT2D eigenvalue weighted by Gasteiger charge is -2.34. The molecule has 0 fully saturated rings. The average molecular weight is 416 g/mol. The van der Waals surface area contributed by atoms with E-state index in [1.165, 1.54) is 5.56 Å². The Kier molecular flexibility index (Phi) is 4.88. The minimum absolute atomic E-state index is 0.0176. The average Bonchev–Trinajstić information content (AvgIpc) is 3.43. The summed E-state index contributed by atoms with van der Waals surface area (Å²) in [6.07, 6.45) is 6.17. The van der Waals surface area contributed by atoms with Crippen molar-refractivity contribution >= 4 is 17.2 Å². The molecule has 3 aromatic heterocycles. The first-order chi connectivity index (χ1) is 14.7. The molecule has 1 aromatic carbocycles. The van der Waals surface area contributed by atoms with Gasteiger partial charge in [-0.1, -0.05) is 30.3 Å². The normalized spacial score (nSPS) is 15.8. The van der Waals surface area contributed by atoms with Crippen LogP contribution >= 0.6 is 11.3 Å². The molecule has 0 bridgehead atoms. The molecule has 30 heavy (non-hydrogen) atoms. The Balaban J connectivity index is 1.35. The van der Waals surface area contributed by atoms with Crippen molar-refractivity contribution in [2.75, 3.05) is 6.54 Å². The third-order valence-electron chi connectivity index (χ3n) is 5.51. The number of carbonyl (C=O) groups is 1. The van der Waals surface area contributed by atoms with E-state index in [0.29, 0.717) is 18.8 Å². The standard InChI is InChI=1S/C23H21N5OS/c1-16-20-14-25-22(18-7-9-24-10-8-18)28(20)12-11-27(16)23(29)19-15-30-21(26-19)13-17-5-3-2-4-6-17/h2-10,14-16H,11-13H2,1H3. The van der Waals surface area contributed by atoms with Gasteiger partial charge in [0.25, 0.3) is 5.91 Å². The quantitative estimate of drug-likeness (QED) is 0.501. The van der Waals surface area contributed by atoms with Gasteiger partial charge in [0.05, 0.1) is 22.9 Å². The van der Waals surface area contributed by atoms with Gasteiger partial charge in [-0.2, -0.15) is 0 Å². The number of amides is 1. The molecule has 0 spiro atoms. The molecule has 1 aliphatic heterocycles. The molecule has 0 saturated heterocycles. The fourth-order valence-corrected chi connectivity index (χ4v) is 4.74. The van der Waals surface area contributed by atoms with Crippen LogP contribution in [0.5, 0.6) is 0 Å². The number of imidazole rings is 1. The Hall–Kier alpha value is -3.32. The van der Waals surface area contributed by atoms with Crippen LogP contribution in [-0.2, 0) is 13.0 Å². The molecule has 6 nitrogen and oxygen atoms in total. The maximum Gasteiger partial charge on any atom is 0.273 e. The summed E-state index contributed by atoms with van der Waals surface area (Å²) >= 11 is 1.54. The Bertz CT molecular complexity index is 1170. The molecule has 4 heterocycles. The third-order valence-corrected chi connectivity index (χ3v) is 6.36. The maximum absolute atomic E-state index is 13.2. The molecule has 0 saturated carbocycles. The highest BCUT2D eigenvalue weighted by Gasteiger charge is 2.31. The lowest BCUT2D eigenvalue weighted by molar-refractivity contribution is 0.0639. The molecule has 1 aliphatic rings. The van der Waals surface area contributed by atoms with Gasteiger partial charge in [0.15, 0.2) is 0 Å². The second-order valence-corrected chi connectivity index (χ2v) is 8.30. The molecule has 0 aliphatic carbocycles. The zero-order valence-corrected chi connectivity index (χ0v) is 17.4. The molecule has 7 heteroatoms. The Labute approximate surface area is 178 Å². The SMILES string of the molecule is CC1c2cnc(-c3ccncc3)n2CCN1C(=O)c1csc(Cc2ccccc2)n1. The molecular formula is C23H21N5OS. The highest BCUT2D eigenvalue weighted by molar-refractivity contribution is 7.09. The van der Waals surface area contributed by atoms with Gasteiger partial charge in [0.1, 0.15) is 11.5 Å². The van der Waals surface area contributed by atoms with Crippen LogP contribution in [0.1, 0.15) is 39.7 Å². The van der Waals surface area contributed by atoms with E-state index >= 15 is 0 Å². The molecule has 1 unspecified atom stereocenters. The molecule has 5 rings (SSSR count). The highest BCUT2D eigenvalue weighted by atomic mass is 32.1. The number of fused-ring (bicyclic) bond motifs is 1. The van der Waals surface area contributed by atoms with E-state index in [1.54, 1.807) is 23.7 Å². The summed E-state index contributed by atoms with van der Waals surface area (Å²) in [4.78, 5) is 28.4. The third kappa shape index (κ3) is 3.41. The van der Waals surface area contributed by atoms with E-state index in [0.717, 1.165) is 28.5 Å². The summed E-state index contributed by atoms with van der Waals surface area (Å²) in [5.41, 5.74) is 3.80. The van der Waals surface area contributed by atoms with Gasteiger partial charge in [-0.3, -0.25) is 9.78 Å². The summed E-state index contributed by atoms with van der Waals surface area (Å²) in [6, 6.07) is 14.1. The van der Waals surface area contributed by atoms with Gasteiger partial charge in [0, 0.05) is 42.8 Å². The van der Waals surface area contributed by atoms with Crippen LogP contribution in [0.3, 0.4) is 0 Å². The van der Waals surface area contributed by atoms with Crippen LogP contribution in [-0.4, -0.2) is 36.9 Å². The van der Waals surface area contributed by atoms with Gasteiger partial charge >= 0.3 is 0 Å². The number of thiazole rings is 1. The Morgan fingerprint density at radius 2 is 1.93 bits per heavy atom. The van der Waals surface area contributed by atoms with E-state index in [4.69, 9.17) is 0 Å². The second-order valence-electron chi connectivity index (χ2n) is 7.36. The van der Waals surface area contributed by atoms with Gasteiger partial charge < -0.3 is 9.47 Å². The number of hydrogen-bond donors (Lipinski definition) is 0. The van der Waals surface area contributed by atoms with Crippen molar-refractivity contribution < 1.29 is 4.79 Å². The number of rotatable bonds is 4.